The van der Waals surface area contributed by atoms with Crippen LogP contribution in [0.3, 0.4) is 0 Å². The summed E-state index contributed by atoms with van der Waals surface area (Å²) in [6.45, 7) is 7.88. The van der Waals surface area contributed by atoms with E-state index in [-0.39, 0.29) is 43.5 Å². The van der Waals surface area contributed by atoms with Crippen LogP contribution in [0.25, 0.3) is 11.1 Å². The number of carbonyl (C=O) groups excluding carboxylic acids is 4. The van der Waals surface area contributed by atoms with Crippen molar-refractivity contribution in [1.29, 1.82) is 0 Å². The number of hydrogen-bond acceptors (Lipinski definition) is 7. The molecule has 0 saturated heterocycles. The predicted octanol–water partition coefficient (Wildman–Crippen LogP) is 3.57. The van der Waals surface area contributed by atoms with E-state index in [4.69, 9.17) is 9.84 Å². The maximum absolute atomic E-state index is 13.3. The normalized spacial score (nSPS) is 13.0. The van der Waals surface area contributed by atoms with Gasteiger partial charge in [-0.2, -0.15) is 12.6 Å². The standard InChI is InChI=1S/C33H46N4O7S/c1-21(2)17-27(35-31(41)26(13-14-29(38)39)37-33(43)44-19-22(3)4)32(42)36-28(20-45)30(40)34-16-15-23-9-8-12-25(18-23)24-10-6-5-7-11-24/h5-12,18,21-22,26-28,45H,13-17,19-20H2,1-4H3,(H,34,40)(H,35,41)(H,36,42)(H,37,43)(H,38,39)/t26-,27-,28-/m0/s1. The number of nitrogens with one attached hydrogen (secondary N) is 4. The Balaban J connectivity index is 2.01. The average molecular weight is 643 g/mol. The van der Waals surface area contributed by atoms with Gasteiger partial charge in [-0.15, -0.1) is 0 Å². The Kier molecular flexibility index (Phi) is 16.0. The molecule has 2 rings (SSSR count). The number of carboxylic acid groups (broad SMARTS) is 1. The first kappa shape index (κ1) is 37.1. The van der Waals surface area contributed by atoms with Gasteiger partial charge in [-0.3, -0.25) is 19.2 Å². The monoisotopic (exact) mass is 642 g/mol. The highest BCUT2D eigenvalue weighted by Gasteiger charge is 2.30. The van der Waals surface area contributed by atoms with Crippen LogP contribution in [0.1, 0.15) is 52.5 Å². The van der Waals surface area contributed by atoms with Crippen LogP contribution in [0.15, 0.2) is 54.6 Å². The molecular weight excluding hydrogens is 596 g/mol. The maximum atomic E-state index is 13.3. The van der Waals surface area contributed by atoms with Gasteiger partial charge in [-0.25, -0.2) is 4.79 Å². The zero-order chi connectivity index (χ0) is 33.4. The van der Waals surface area contributed by atoms with Crippen LogP contribution in [0, 0.1) is 11.8 Å². The van der Waals surface area contributed by atoms with E-state index in [9.17, 15) is 24.0 Å². The highest BCUT2D eigenvalue weighted by molar-refractivity contribution is 7.80. The Morgan fingerprint density at radius 3 is 2.04 bits per heavy atom. The predicted molar refractivity (Wildman–Crippen MR) is 176 cm³/mol. The fraction of sp³-hybridized carbons (Fsp3) is 0.485. The smallest absolute Gasteiger partial charge is 0.407 e. The second-order valence-corrected chi connectivity index (χ2v) is 12.0. The van der Waals surface area contributed by atoms with E-state index in [0.29, 0.717) is 13.0 Å². The van der Waals surface area contributed by atoms with Crippen molar-refractivity contribution >= 4 is 42.4 Å². The number of amides is 4. The van der Waals surface area contributed by atoms with Gasteiger partial charge in [0.15, 0.2) is 0 Å². The average Bonchev–Trinajstić information content (AvgIpc) is 3.00. The van der Waals surface area contributed by atoms with E-state index < -0.39 is 47.9 Å². The van der Waals surface area contributed by atoms with Gasteiger partial charge >= 0.3 is 12.1 Å². The second-order valence-electron chi connectivity index (χ2n) is 11.7. The fourth-order valence-corrected chi connectivity index (χ4v) is 4.65. The molecule has 4 amide bonds. The number of thiol groups is 1. The van der Waals surface area contributed by atoms with Crippen molar-refractivity contribution in [1.82, 2.24) is 21.3 Å². The SMILES string of the molecule is CC(C)COC(=O)N[C@@H](CCC(=O)O)C(=O)N[C@@H](CC(C)C)C(=O)N[C@@H](CS)C(=O)NCCc1cccc(-c2ccccc2)c1. The molecule has 2 aromatic rings. The highest BCUT2D eigenvalue weighted by Crippen LogP contribution is 2.20. The number of ether oxygens (including phenoxy) is 1. The number of alkyl carbamates (subject to hydrolysis) is 1. The number of hydrogen-bond donors (Lipinski definition) is 6. The van der Waals surface area contributed by atoms with Gasteiger partial charge in [-0.1, -0.05) is 82.3 Å². The molecule has 0 aromatic heterocycles. The topological polar surface area (TPSA) is 163 Å². The van der Waals surface area contributed by atoms with E-state index in [1.165, 1.54) is 0 Å². The first-order valence-electron chi connectivity index (χ1n) is 15.2. The Hall–Kier alpha value is -4.06. The molecule has 11 nitrogen and oxygen atoms in total. The minimum absolute atomic E-state index is 0.0163. The highest BCUT2D eigenvalue weighted by atomic mass is 32.1. The number of aliphatic carboxylic acids is 1. The summed E-state index contributed by atoms with van der Waals surface area (Å²) in [6, 6.07) is 14.8. The molecule has 12 heteroatoms. The van der Waals surface area contributed by atoms with Gasteiger partial charge in [0.2, 0.25) is 17.7 Å². The molecule has 0 radical (unpaired) electrons. The van der Waals surface area contributed by atoms with Gasteiger partial charge < -0.3 is 31.1 Å². The van der Waals surface area contributed by atoms with Crippen molar-refractivity contribution in [2.45, 2.75) is 71.5 Å². The maximum Gasteiger partial charge on any atom is 0.407 e. The van der Waals surface area contributed by atoms with Gasteiger partial charge in [0, 0.05) is 18.7 Å². The first-order valence-corrected chi connectivity index (χ1v) is 15.8. The number of rotatable bonds is 18. The Morgan fingerprint density at radius 2 is 1.42 bits per heavy atom. The summed E-state index contributed by atoms with van der Waals surface area (Å²) in [6.07, 6.45) is -0.639. The van der Waals surface area contributed by atoms with Crippen LogP contribution >= 0.6 is 12.6 Å². The summed E-state index contributed by atoms with van der Waals surface area (Å²) in [5.74, 6) is -2.83. The summed E-state index contributed by atoms with van der Waals surface area (Å²) in [5.41, 5.74) is 3.22. The molecule has 0 saturated carbocycles. The van der Waals surface area contributed by atoms with Crippen LogP contribution in [-0.2, 0) is 30.3 Å². The molecule has 5 N–H and O–H groups in total. The lowest BCUT2D eigenvalue weighted by Gasteiger charge is -2.25. The number of benzene rings is 2. The molecule has 0 bridgehead atoms. The molecule has 45 heavy (non-hydrogen) atoms. The van der Waals surface area contributed by atoms with Gasteiger partial charge in [0.1, 0.15) is 18.1 Å². The first-order chi connectivity index (χ1) is 21.4. The lowest BCUT2D eigenvalue weighted by molar-refractivity contribution is -0.137. The molecule has 0 aliphatic heterocycles. The van der Waals surface area contributed by atoms with E-state index in [2.05, 4.69) is 40.0 Å². The molecule has 3 atom stereocenters. The van der Waals surface area contributed by atoms with Crippen molar-refractivity contribution in [2.24, 2.45) is 11.8 Å². The van der Waals surface area contributed by atoms with E-state index in [1.807, 2.05) is 76.2 Å². The van der Waals surface area contributed by atoms with Crippen LogP contribution < -0.4 is 21.3 Å². The van der Waals surface area contributed by atoms with Gasteiger partial charge in [0.05, 0.1) is 6.61 Å². The summed E-state index contributed by atoms with van der Waals surface area (Å²) >= 11 is 4.26. The molecule has 0 heterocycles. The van der Waals surface area contributed by atoms with E-state index in [0.717, 1.165) is 16.7 Å². The summed E-state index contributed by atoms with van der Waals surface area (Å²) < 4.78 is 5.08. The fourth-order valence-electron chi connectivity index (χ4n) is 4.39. The summed E-state index contributed by atoms with van der Waals surface area (Å²) in [4.78, 5) is 62.8. The molecule has 0 fully saturated rings. The Labute approximate surface area is 270 Å². The third kappa shape index (κ3) is 14.1. The van der Waals surface area contributed by atoms with Crippen molar-refractivity contribution in [3.05, 3.63) is 60.2 Å². The molecule has 0 aliphatic carbocycles. The van der Waals surface area contributed by atoms with Crippen LogP contribution in [0.2, 0.25) is 0 Å². The van der Waals surface area contributed by atoms with Crippen molar-refractivity contribution < 1.29 is 33.8 Å². The van der Waals surface area contributed by atoms with Crippen LogP contribution in [0.5, 0.6) is 0 Å². The molecule has 0 aliphatic rings. The Bertz CT molecular complexity index is 1270. The molecular formula is C33H46N4O7S. The molecule has 246 valence electrons. The minimum Gasteiger partial charge on any atom is -0.481 e. The zero-order valence-electron chi connectivity index (χ0n) is 26.4. The second kappa shape index (κ2) is 19.4. The lowest BCUT2D eigenvalue weighted by Crippen LogP contribution is -2.57. The van der Waals surface area contributed by atoms with Crippen LogP contribution in [0.4, 0.5) is 4.79 Å². The van der Waals surface area contributed by atoms with Crippen LogP contribution in [-0.4, -0.2) is 71.9 Å². The third-order valence-electron chi connectivity index (χ3n) is 6.71. The molecule has 0 spiro atoms. The summed E-state index contributed by atoms with van der Waals surface area (Å²) in [5, 5.41) is 19.7. The van der Waals surface area contributed by atoms with E-state index in [1.54, 1.807) is 0 Å². The molecule has 2 aromatic carbocycles. The number of carbonyl (C=O) groups is 5. The zero-order valence-corrected chi connectivity index (χ0v) is 27.3. The van der Waals surface area contributed by atoms with Gasteiger partial charge in [0.25, 0.3) is 0 Å². The molecule has 0 unspecified atom stereocenters. The van der Waals surface area contributed by atoms with Crippen molar-refractivity contribution in [3.8, 4) is 11.1 Å². The lowest BCUT2D eigenvalue weighted by atomic mass is 10.0. The minimum atomic E-state index is -1.24. The summed E-state index contributed by atoms with van der Waals surface area (Å²) in [7, 11) is 0. The van der Waals surface area contributed by atoms with E-state index >= 15 is 0 Å². The quantitative estimate of drug-likeness (QED) is 0.135. The largest absolute Gasteiger partial charge is 0.481 e. The van der Waals surface area contributed by atoms with Crippen molar-refractivity contribution in [3.63, 3.8) is 0 Å². The van der Waals surface area contributed by atoms with Gasteiger partial charge in [-0.05, 0) is 47.8 Å². The third-order valence-corrected chi connectivity index (χ3v) is 7.07. The number of carboxylic acids is 1. The van der Waals surface area contributed by atoms with Crippen molar-refractivity contribution in [2.75, 3.05) is 18.9 Å². The Morgan fingerprint density at radius 1 is 0.778 bits per heavy atom.